The molecule has 0 saturated carbocycles. The first-order chi connectivity index (χ1) is 12.6. The Labute approximate surface area is 153 Å². The second-order valence-corrected chi connectivity index (χ2v) is 5.44. The number of carbonyl (C=O) groups is 1. The Morgan fingerprint density at radius 2 is 1.65 bits per heavy atom. The fraction of sp³-hybridized carbons (Fsp3) is 0.263. The molecule has 0 bridgehead atoms. The molecule has 2 rings (SSSR count). The Balaban J connectivity index is 1.93. The van der Waals surface area contributed by atoms with E-state index in [0.29, 0.717) is 11.5 Å². The normalized spacial score (nSPS) is 11.7. The van der Waals surface area contributed by atoms with E-state index >= 15 is 0 Å². The zero-order chi connectivity index (χ0) is 18.9. The average Bonchev–Trinajstić information content (AvgIpc) is 2.68. The quantitative estimate of drug-likeness (QED) is 0.561. The van der Waals surface area contributed by atoms with Gasteiger partial charge in [0.1, 0.15) is 23.3 Å². The number of methoxy groups -OCH3 is 3. The SMILES string of the molecule is COc1ccc(N[C@@H](C)C(=O)N/N=C\c2ccc(OC)cc2OC)cc1. The molecule has 138 valence electrons. The van der Waals surface area contributed by atoms with Crippen molar-refractivity contribution in [3.63, 3.8) is 0 Å². The highest BCUT2D eigenvalue weighted by Crippen LogP contribution is 2.23. The highest BCUT2D eigenvalue weighted by Gasteiger charge is 2.11. The number of hydrogen-bond donors (Lipinski definition) is 2. The first kappa shape index (κ1) is 19.1. The summed E-state index contributed by atoms with van der Waals surface area (Å²) in [6.45, 7) is 1.75. The molecular formula is C19H23N3O4. The van der Waals surface area contributed by atoms with Crippen LogP contribution in [0, 0.1) is 0 Å². The van der Waals surface area contributed by atoms with E-state index < -0.39 is 6.04 Å². The molecule has 0 aliphatic heterocycles. The highest BCUT2D eigenvalue weighted by atomic mass is 16.5. The Bertz CT molecular complexity index is 760. The fourth-order valence-electron chi connectivity index (χ4n) is 2.19. The molecule has 0 radical (unpaired) electrons. The molecule has 2 N–H and O–H groups in total. The average molecular weight is 357 g/mol. The van der Waals surface area contributed by atoms with E-state index in [1.165, 1.54) is 6.21 Å². The molecule has 1 atom stereocenters. The van der Waals surface area contributed by atoms with E-state index in [1.54, 1.807) is 46.5 Å². The monoisotopic (exact) mass is 357 g/mol. The summed E-state index contributed by atoms with van der Waals surface area (Å²) < 4.78 is 15.5. The van der Waals surface area contributed by atoms with E-state index in [1.807, 2.05) is 24.3 Å². The van der Waals surface area contributed by atoms with Crippen molar-refractivity contribution in [1.82, 2.24) is 5.43 Å². The molecule has 0 unspecified atom stereocenters. The largest absolute Gasteiger partial charge is 0.497 e. The maximum absolute atomic E-state index is 12.2. The van der Waals surface area contributed by atoms with E-state index in [9.17, 15) is 4.79 Å². The molecule has 7 nitrogen and oxygen atoms in total. The fourth-order valence-corrected chi connectivity index (χ4v) is 2.19. The van der Waals surface area contributed by atoms with Crippen LogP contribution in [0.2, 0.25) is 0 Å². The lowest BCUT2D eigenvalue weighted by atomic mass is 10.2. The van der Waals surface area contributed by atoms with Crippen LogP contribution in [0.1, 0.15) is 12.5 Å². The van der Waals surface area contributed by atoms with Gasteiger partial charge >= 0.3 is 0 Å². The van der Waals surface area contributed by atoms with Crippen LogP contribution >= 0.6 is 0 Å². The van der Waals surface area contributed by atoms with E-state index in [-0.39, 0.29) is 5.91 Å². The van der Waals surface area contributed by atoms with Crippen LogP contribution in [-0.4, -0.2) is 39.5 Å². The van der Waals surface area contributed by atoms with Gasteiger partial charge in [0.25, 0.3) is 5.91 Å². The van der Waals surface area contributed by atoms with Crippen LogP contribution in [-0.2, 0) is 4.79 Å². The van der Waals surface area contributed by atoms with Gasteiger partial charge in [-0.2, -0.15) is 5.10 Å². The third-order valence-electron chi connectivity index (χ3n) is 3.69. The molecule has 0 aliphatic carbocycles. The number of amides is 1. The summed E-state index contributed by atoms with van der Waals surface area (Å²) in [6, 6.07) is 12.2. The summed E-state index contributed by atoms with van der Waals surface area (Å²) >= 11 is 0. The van der Waals surface area contributed by atoms with Crippen LogP contribution < -0.4 is 25.0 Å². The number of rotatable bonds is 8. The molecule has 1 amide bonds. The van der Waals surface area contributed by atoms with Crippen molar-refractivity contribution in [2.24, 2.45) is 5.10 Å². The highest BCUT2D eigenvalue weighted by molar-refractivity contribution is 5.87. The predicted molar refractivity (Wildman–Crippen MR) is 101 cm³/mol. The van der Waals surface area contributed by atoms with Gasteiger partial charge in [0, 0.05) is 17.3 Å². The van der Waals surface area contributed by atoms with Gasteiger partial charge in [-0.15, -0.1) is 0 Å². The van der Waals surface area contributed by atoms with Crippen molar-refractivity contribution in [2.45, 2.75) is 13.0 Å². The zero-order valence-corrected chi connectivity index (χ0v) is 15.3. The van der Waals surface area contributed by atoms with Gasteiger partial charge in [0.15, 0.2) is 0 Å². The molecule has 0 aliphatic rings. The van der Waals surface area contributed by atoms with Gasteiger partial charge in [-0.3, -0.25) is 4.79 Å². The van der Waals surface area contributed by atoms with Crippen molar-refractivity contribution in [3.8, 4) is 17.2 Å². The second kappa shape index (κ2) is 9.31. The van der Waals surface area contributed by atoms with Crippen molar-refractivity contribution in [1.29, 1.82) is 0 Å². The maximum atomic E-state index is 12.2. The van der Waals surface area contributed by atoms with Gasteiger partial charge in [-0.1, -0.05) is 0 Å². The van der Waals surface area contributed by atoms with E-state index in [4.69, 9.17) is 14.2 Å². The first-order valence-electron chi connectivity index (χ1n) is 8.03. The topological polar surface area (TPSA) is 81.2 Å². The zero-order valence-electron chi connectivity index (χ0n) is 15.3. The Morgan fingerprint density at radius 3 is 2.27 bits per heavy atom. The van der Waals surface area contributed by atoms with Gasteiger partial charge < -0.3 is 19.5 Å². The lowest BCUT2D eigenvalue weighted by Gasteiger charge is -2.13. The van der Waals surface area contributed by atoms with Gasteiger partial charge in [0.2, 0.25) is 0 Å². The molecule has 0 aromatic heterocycles. The summed E-state index contributed by atoms with van der Waals surface area (Å²) in [5.41, 5.74) is 4.05. The first-order valence-corrected chi connectivity index (χ1v) is 8.03. The number of benzene rings is 2. The molecule has 7 heteroatoms. The number of hydrazone groups is 1. The third kappa shape index (κ3) is 5.14. The minimum absolute atomic E-state index is 0.260. The Kier molecular flexibility index (Phi) is 6.84. The summed E-state index contributed by atoms with van der Waals surface area (Å²) in [5, 5.41) is 7.09. The van der Waals surface area contributed by atoms with E-state index in [0.717, 1.165) is 17.0 Å². The number of anilines is 1. The molecule has 2 aromatic carbocycles. The van der Waals surface area contributed by atoms with Crippen LogP contribution in [0.15, 0.2) is 47.6 Å². The molecular weight excluding hydrogens is 334 g/mol. The smallest absolute Gasteiger partial charge is 0.262 e. The predicted octanol–water partition coefficient (Wildman–Crippen LogP) is 2.66. The molecule has 26 heavy (non-hydrogen) atoms. The number of hydrogen-bond acceptors (Lipinski definition) is 6. The van der Waals surface area contributed by atoms with Crippen LogP contribution in [0.25, 0.3) is 0 Å². The van der Waals surface area contributed by atoms with Crippen LogP contribution in [0.5, 0.6) is 17.2 Å². The molecule has 0 saturated heterocycles. The third-order valence-corrected chi connectivity index (χ3v) is 3.69. The molecule has 0 heterocycles. The number of nitrogens with one attached hydrogen (secondary N) is 2. The van der Waals surface area contributed by atoms with Crippen LogP contribution in [0.3, 0.4) is 0 Å². The maximum Gasteiger partial charge on any atom is 0.262 e. The van der Waals surface area contributed by atoms with Gasteiger partial charge in [0.05, 0.1) is 27.5 Å². The summed E-state index contributed by atoms with van der Waals surface area (Å²) in [6.07, 6.45) is 1.52. The minimum Gasteiger partial charge on any atom is -0.497 e. The van der Waals surface area contributed by atoms with Crippen molar-refractivity contribution < 1.29 is 19.0 Å². The number of carbonyl (C=O) groups excluding carboxylic acids is 1. The second-order valence-electron chi connectivity index (χ2n) is 5.44. The van der Waals surface area contributed by atoms with E-state index in [2.05, 4.69) is 15.8 Å². The lowest BCUT2D eigenvalue weighted by Crippen LogP contribution is -2.34. The summed E-state index contributed by atoms with van der Waals surface area (Å²) in [7, 11) is 4.75. The van der Waals surface area contributed by atoms with Crippen molar-refractivity contribution >= 4 is 17.8 Å². The molecule has 0 spiro atoms. The standard InChI is InChI=1S/C19H23N3O4/c1-13(21-15-6-9-16(24-2)10-7-15)19(23)22-20-12-14-5-8-17(25-3)11-18(14)26-4/h5-13,21H,1-4H3,(H,22,23)/b20-12-/t13-/m0/s1. The van der Waals surface area contributed by atoms with Crippen molar-refractivity contribution in [3.05, 3.63) is 48.0 Å². The summed E-state index contributed by atoms with van der Waals surface area (Å²) in [4.78, 5) is 12.2. The lowest BCUT2D eigenvalue weighted by molar-refractivity contribution is -0.121. The Hall–Kier alpha value is -3.22. The van der Waals surface area contributed by atoms with Crippen molar-refractivity contribution in [2.75, 3.05) is 26.6 Å². The Morgan fingerprint density at radius 1 is 1.00 bits per heavy atom. The summed E-state index contributed by atoms with van der Waals surface area (Å²) in [5.74, 6) is 1.78. The van der Waals surface area contributed by atoms with Gasteiger partial charge in [-0.25, -0.2) is 5.43 Å². The number of ether oxygens (including phenoxy) is 3. The number of nitrogens with zero attached hydrogens (tertiary/aromatic N) is 1. The van der Waals surface area contributed by atoms with Gasteiger partial charge in [-0.05, 0) is 43.3 Å². The minimum atomic E-state index is -0.460. The molecule has 0 fully saturated rings. The molecule has 2 aromatic rings. The van der Waals surface area contributed by atoms with Crippen LogP contribution in [0.4, 0.5) is 5.69 Å².